The van der Waals surface area contributed by atoms with Crippen LogP contribution in [0.2, 0.25) is 0 Å². The standard InChI is InChI=1S/C17H25N3O/c1-17(2,14-21)9-6-10-18-11-15-12-19-20(13-15)16-7-4-3-5-8-16/h3-5,7-8,12-13,18,21H,6,9-11,14H2,1-2H3. The van der Waals surface area contributed by atoms with E-state index in [0.717, 1.165) is 31.6 Å². The van der Waals surface area contributed by atoms with Crippen LogP contribution in [-0.4, -0.2) is 28.0 Å². The van der Waals surface area contributed by atoms with E-state index in [1.54, 1.807) is 0 Å². The lowest BCUT2D eigenvalue weighted by Gasteiger charge is -2.21. The number of hydrogen-bond donors (Lipinski definition) is 2. The molecule has 114 valence electrons. The van der Waals surface area contributed by atoms with Crippen molar-refractivity contribution in [1.82, 2.24) is 15.1 Å². The van der Waals surface area contributed by atoms with Crippen molar-refractivity contribution in [1.29, 1.82) is 0 Å². The Bertz CT molecular complexity index is 534. The summed E-state index contributed by atoms with van der Waals surface area (Å²) in [6, 6.07) is 10.1. The fourth-order valence-corrected chi connectivity index (χ4v) is 2.18. The number of aliphatic hydroxyl groups is 1. The van der Waals surface area contributed by atoms with Crippen molar-refractivity contribution < 1.29 is 5.11 Å². The molecule has 0 saturated heterocycles. The third-order valence-electron chi connectivity index (χ3n) is 3.62. The first-order chi connectivity index (χ1) is 10.1. The first-order valence-corrected chi connectivity index (χ1v) is 7.51. The largest absolute Gasteiger partial charge is 0.396 e. The van der Waals surface area contributed by atoms with Gasteiger partial charge in [0.05, 0.1) is 11.9 Å². The molecule has 4 nitrogen and oxygen atoms in total. The fraction of sp³-hybridized carbons (Fsp3) is 0.471. The van der Waals surface area contributed by atoms with E-state index in [1.165, 1.54) is 5.56 Å². The number of aliphatic hydroxyl groups excluding tert-OH is 1. The lowest BCUT2D eigenvalue weighted by atomic mass is 9.89. The van der Waals surface area contributed by atoms with Crippen LogP contribution in [0.5, 0.6) is 0 Å². The van der Waals surface area contributed by atoms with Gasteiger partial charge in [0.15, 0.2) is 0 Å². The molecule has 1 heterocycles. The van der Waals surface area contributed by atoms with Crippen molar-refractivity contribution in [2.24, 2.45) is 5.41 Å². The molecule has 4 heteroatoms. The van der Waals surface area contributed by atoms with Crippen molar-refractivity contribution in [3.8, 4) is 5.69 Å². The number of hydrogen-bond acceptors (Lipinski definition) is 3. The van der Waals surface area contributed by atoms with E-state index < -0.39 is 0 Å². The molecule has 0 spiro atoms. The van der Waals surface area contributed by atoms with Crippen molar-refractivity contribution in [2.45, 2.75) is 33.2 Å². The average Bonchev–Trinajstić information content (AvgIpc) is 2.97. The maximum absolute atomic E-state index is 9.21. The normalized spacial score (nSPS) is 11.8. The third kappa shape index (κ3) is 4.99. The highest BCUT2D eigenvalue weighted by Crippen LogP contribution is 2.20. The highest BCUT2D eigenvalue weighted by Gasteiger charge is 2.15. The second-order valence-corrected chi connectivity index (χ2v) is 6.23. The Morgan fingerprint density at radius 3 is 2.71 bits per heavy atom. The Kier molecular flexibility index (Phi) is 5.53. The van der Waals surface area contributed by atoms with Gasteiger partial charge in [-0.15, -0.1) is 0 Å². The fourth-order valence-electron chi connectivity index (χ4n) is 2.18. The molecule has 2 rings (SSSR count). The summed E-state index contributed by atoms with van der Waals surface area (Å²) < 4.78 is 1.89. The summed E-state index contributed by atoms with van der Waals surface area (Å²) in [6.07, 6.45) is 6.05. The number of nitrogens with one attached hydrogen (secondary N) is 1. The molecule has 0 aliphatic rings. The average molecular weight is 287 g/mol. The van der Waals surface area contributed by atoms with Crippen LogP contribution in [-0.2, 0) is 6.54 Å². The smallest absolute Gasteiger partial charge is 0.0645 e. The van der Waals surface area contributed by atoms with Crippen molar-refractivity contribution in [3.05, 3.63) is 48.3 Å². The predicted octanol–water partition coefficient (Wildman–Crippen LogP) is 2.76. The Balaban J connectivity index is 1.74. The molecular weight excluding hydrogens is 262 g/mol. The molecular formula is C17H25N3O. The molecule has 1 aromatic heterocycles. The molecule has 1 aromatic carbocycles. The zero-order valence-corrected chi connectivity index (χ0v) is 12.9. The van der Waals surface area contributed by atoms with Gasteiger partial charge in [0.2, 0.25) is 0 Å². The zero-order chi connectivity index (χ0) is 15.1. The van der Waals surface area contributed by atoms with Crippen LogP contribution in [0.25, 0.3) is 5.69 Å². The van der Waals surface area contributed by atoms with Crippen molar-refractivity contribution in [2.75, 3.05) is 13.2 Å². The van der Waals surface area contributed by atoms with Crippen LogP contribution in [0, 0.1) is 5.41 Å². The molecule has 0 amide bonds. The summed E-state index contributed by atoms with van der Waals surface area (Å²) in [4.78, 5) is 0. The minimum atomic E-state index is 0.0277. The summed E-state index contributed by atoms with van der Waals surface area (Å²) in [5.41, 5.74) is 2.29. The number of aromatic nitrogens is 2. The number of benzene rings is 1. The quantitative estimate of drug-likeness (QED) is 0.734. The lowest BCUT2D eigenvalue weighted by molar-refractivity contribution is 0.148. The van der Waals surface area contributed by atoms with Gasteiger partial charge in [-0.3, -0.25) is 0 Å². The molecule has 0 fully saturated rings. The number of para-hydroxylation sites is 1. The van der Waals surface area contributed by atoms with E-state index in [4.69, 9.17) is 0 Å². The Labute approximate surface area is 126 Å². The SMILES string of the molecule is CC(C)(CO)CCCNCc1cnn(-c2ccccc2)c1. The maximum atomic E-state index is 9.21. The summed E-state index contributed by atoms with van der Waals surface area (Å²) in [7, 11) is 0. The van der Waals surface area contributed by atoms with Gasteiger partial charge >= 0.3 is 0 Å². The molecule has 0 aliphatic carbocycles. The van der Waals surface area contributed by atoms with Crippen LogP contribution in [0.1, 0.15) is 32.3 Å². The third-order valence-corrected chi connectivity index (χ3v) is 3.62. The topological polar surface area (TPSA) is 50.1 Å². The van der Waals surface area contributed by atoms with Crippen LogP contribution >= 0.6 is 0 Å². The highest BCUT2D eigenvalue weighted by molar-refractivity contribution is 5.30. The van der Waals surface area contributed by atoms with E-state index >= 15 is 0 Å². The van der Waals surface area contributed by atoms with Gasteiger partial charge in [-0.1, -0.05) is 32.0 Å². The number of nitrogens with zero attached hydrogens (tertiary/aromatic N) is 2. The predicted molar refractivity (Wildman–Crippen MR) is 85.4 cm³/mol. The lowest BCUT2D eigenvalue weighted by Crippen LogP contribution is -2.20. The second kappa shape index (κ2) is 7.38. The zero-order valence-electron chi connectivity index (χ0n) is 12.9. The van der Waals surface area contributed by atoms with Gasteiger partial charge < -0.3 is 10.4 Å². The van der Waals surface area contributed by atoms with E-state index in [9.17, 15) is 5.11 Å². The Morgan fingerprint density at radius 1 is 1.24 bits per heavy atom. The number of rotatable bonds is 8. The molecule has 0 bridgehead atoms. The van der Waals surface area contributed by atoms with Gasteiger partial charge in [-0.2, -0.15) is 5.10 Å². The van der Waals surface area contributed by atoms with Crippen LogP contribution in [0.4, 0.5) is 0 Å². The summed E-state index contributed by atoms with van der Waals surface area (Å²) in [6.45, 7) is 6.22. The van der Waals surface area contributed by atoms with E-state index in [-0.39, 0.29) is 12.0 Å². The van der Waals surface area contributed by atoms with Crippen molar-refractivity contribution in [3.63, 3.8) is 0 Å². The molecule has 2 aromatic rings. The minimum absolute atomic E-state index is 0.0277. The minimum Gasteiger partial charge on any atom is -0.396 e. The van der Waals surface area contributed by atoms with Crippen molar-refractivity contribution >= 4 is 0 Å². The van der Waals surface area contributed by atoms with Gasteiger partial charge in [0.25, 0.3) is 0 Å². The van der Waals surface area contributed by atoms with E-state index in [1.807, 2.05) is 41.2 Å². The molecule has 0 aliphatic heterocycles. The summed E-state index contributed by atoms with van der Waals surface area (Å²) >= 11 is 0. The second-order valence-electron chi connectivity index (χ2n) is 6.23. The molecule has 0 atom stereocenters. The van der Waals surface area contributed by atoms with Crippen LogP contribution in [0.15, 0.2) is 42.7 Å². The van der Waals surface area contributed by atoms with Crippen LogP contribution in [0.3, 0.4) is 0 Å². The monoisotopic (exact) mass is 287 g/mol. The van der Waals surface area contributed by atoms with Crippen LogP contribution < -0.4 is 5.32 Å². The Morgan fingerprint density at radius 2 is 2.00 bits per heavy atom. The maximum Gasteiger partial charge on any atom is 0.0645 e. The first kappa shape index (κ1) is 15.7. The first-order valence-electron chi connectivity index (χ1n) is 7.51. The molecule has 0 radical (unpaired) electrons. The summed E-state index contributed by atoms with van der Waals surface area (Å²) in [5.74, 6) is 0. The summed E-state index contributed by atoms with van der Waals surface area (Å²) in [5, 5.41) is 17.0. The van der Waals surface area contributed by atoms with Gasteiger partial charge in [-0.25, -0.2) is 4.68 Å². The Hall–Kier alpha value is -1.65. The molecule has 21 heavy (non-hydrogen) atoms. The highest BCUT2D eigenvalue weighted by atomic mass is 16.3. The molecule has 0 saturated carbocycles. The van der Waals surface area contributed by atoms with Gasteiger partial charge in [-0.05, 0) is 36.9 Å². The van der Waals surface area contributed by atoms with E-state index in [2.05, 4.69) is 30.5 Å². The van der Waals surface area contributed by atoms with Gasteiger partial charge in [0.1, 0.15) is 0 Å². The van der Waals surface area contributed by atoms with Gasteiger partial charge in [0, 0.05) is 24.9 Å². The molecule has 2 N–H and O–H groups in total. The van der Waals surface area contributed by atoms with E-state index in [0.29, 0.717) is 0 Å². The molecule has 0 unspecified atom stereocenters.